The fraction of sp³-hybridized carbons (Fsp3) is 0.262. The first-order valence-corrected chi connectivity index (χ1v) is 15.0. The summed E-state index contributed by atoms with van der Waals surface area (Å²) in [7, 11) is 0. The molecule has 4 heteroatoms. The number of fused-ring (bicyclic) bond motifs is 2. The van der Waals surface area contributed by atoms with Crippen molar-refractivity contribution >= 4 is 34.7 Å². The van der Waals surface area contributed by atoms with E-state index >= 15 is 0 Å². The smallest absolute Gasteiger partial charge is 0.238 e. The summed E-state index contributed by atoms with van der Waals surface area (Å²) in [5.41, 5.74) is 8.83. The second-order valence-electron chi connectivity index (χ2n) is 9.94. The summed E-state index contributed by atoms with van der Waals surface area (Å²) in [6.45, 7) is 13.5. The van der Waals surface area contributed by atoms with Crippen molar-refractivity contribution in [2.45, 2.75) is 54.4 Å². The zero-order valence-corrected chi connectivity index (χ0v) is 30.7. The molecule has 5 rings (SSSR count). The van der Waals surface area contributed by atoms with Crippen LogP contribution in [0.5, 0.6) is 0 Å². The molecule has 0 bridgehead atoms. The molecule has 1 radical (unpaired) electrons. The molecule has 3 nitrogen and oxygen atoms in total. The van der Waals surface area contributed by atoms with E-state index in [9.17, 15) is 0 Å². The maximum atomic E-state index is 3.18. The van der Waals surface area contributed by atoms with Gasteiger partial charge >= 0.3 is 0 Å². The molecule has 2 aliphatic rings. The third-order valence-electron chi connectivity index (χ3n) is 6.97. The van der Waals surface area contributed by atoms with Crippen LogP contribution in [0.1, 0.15) is 52.7 Å². The predicted octanol–water partition coefficient (Wildman–Crippen LogP) is 6.87. The largest absolute Gasteiger partial charge is 0.307 e. The summed E-state index contributed by atoms with van der Waals surface area (Å²) in [5.74, 6) is 29.7. The first-order valence-electron chi connectivity index (χ1n) is 15.0. The Morgan fingerprint density at radius 3 is 1.87 bits per heavy atom. The van der Waals surface area contributed by atoms with E-state index in [-0.39, 0.29) is 32.7 Å². The SMILES string of the molecule is CC#CC[N+]1=C(C#CC)Cc2ccccc21.CC#CC[N+]1=C(C)Cc2ccccc21.CC#C[C-]=[N+](CC#CC)c1[c-]cccc1.[Y]. The van der Waals surface area contributed by atoms with Crippen LogP contribution >= 0.6 is 0 Å². The Hall–Kier alpha value is -4.43. The van der Waals surface area contributed by atoms with Crippen LogP contribution < -0.4 is 0 Å². The molecule has 0 unspecified atom stereocenters. The van der Waals surface area contributed by atoms with Crippen LogP contribution in [-0.4, -0.2) is 51.0 Å². The fourth-order valence-corrected chi connectivity index (χ4v) is 4.84. The van der Waals surface area contributed by atoms with Gasteiger partial charge in [0.05, 0.1) is 12.8 Å². The monoisotopic (exact) mass is 675 g/mol. The molecule has 0 aromatic heterocycles. The van der Waals surface area contributed by atoms with Crippen LogP contribution in [0.25, 0.3) is 0 Å². The zero-order chi connectivity index (χ0) is 32.3. The second kappa shape index (κ2) is 21.3. The minimum Gasteiger partial charge on any atom is -0.307 e. The predicted molar refractivity (Wildman–Crippen MR) is 188 cm³/mol. The maximum Gasteiger partial charge on any atom is 0.238 e. The molecule has 0 saturated carbocycles. The number of benzene rings is 3. The molecule has 2 heterocycles. The molecule has 3 aromatic rings. The van der Waals surface area contributed by atoms with Crippen molar-refractivity contribution in [3.63, 3.8) is 0 Å². The summed E-state index contributed by atoms with van der Waals surface area (Å²) in [4.78, 5) is 0. The Kier molecular flexibility index (Phi) is 17.5. The molecule has 0 atom stereocenters. The van der Waals surface area contributed by atoms with E-state index in [0.717, 1.165) is 37.3 Å². The molecular formula is C42H40N3Y+. The van der Waals surface area contributed by atoms with Gasteiger partial charge in [0.15, 0.2) is 18.5 Å². The average Bonchev–Trinajstić information content (AvgIpc) is 3.59. The summed E-state index contributed by atoms with van der Waals surface area (Å²) < 4.78 is 6.36. The van der Waals surface area contributed by atoms with Crippen LogP contribution in [-0.2, 0) is 45.6 Å². The van der Waals surface area contributed by atoms with Gasteiger partial charge in [0.1, 0.15) is 0 Å². The molecule has 0 amide bonds. The number of para-hydroxylation sites is 3. The summed E-state index contributed by atoms with van der Waals surface area (Å²) in [6, 6.07) is 27.8. The molecule has 0 saturated heterocycles. The van der Waals surface area contributed by atoms with Gasteiger partial charge in [-0.3, -0.25) is 0 Å². The van der Waals surface area contributed by atoms with Crippen molar-refractivity contribution in [3.8, 4) is 59.2 Å². The topological polar surface area (TPSA) is 9.03 Å². The Balaban J connectivity index is 0.000000238. The van der Waals surface area contributed by atoms with E-state index in [1.54, 1.807) is 6.92 Å². The molecule has 2 aliphatic heterocycles. The van der Waals surface area contributed by atoms with Crippen molar-refractivity contribution in [3.05, 3.63) is 90.0 Å². The van der Waals surface area contributed by atoms with E-state index in [2.05, 4.69) is 136 Å². The Labute approximate surface area is 302 Å². The van der Waals surface area contributed by atoms with E-state index in [4.69, 9.17) is 0 Å². The normalized spacial score (nSPS) is 11.6. The number of nitrogens with zero attached hydrogens (tertiary/aromatic N) is 3. The van der Waals surface area contributed by atoms with Gasteiger partial charge in [0.2, 0.25) is 30.2 Å². The molecular weight excluding hydrogens is 635 g/mol. The van der Waals surface area contributed by atoms with Gasteiger partial charge in [-0.2, -0.15) is 45.4 Å². The molecule has 0 N–H and O–H groups in total. The van der Waals surface area contributed by atoms with Crippen molar-refractivity contribution in [1.29, 1.82) is 0 Å². The number of rotatable bonds is 4. The molecule has 46 heavy (non-hydrogen) atoms. The van der Waals surface area contributed by atoms with Crippen molar-refractivity contribution in [1.82, 2.24) is 0 Å². The third-order valence-corrected chi connectivity index (χ3v) is 6.97. The van der Waals surface area contributed by atoms with Gasteiger partial charge in [0.25, 0.3) is 0 Å². The van der Waals surface area contributed by atoms with Crippen LogP contribution in [0.15, 0.2) is 72.8 Å². The fourth-order valence-electron chi connectivity index (χ4n) is 4.84. The van der Waals surface area contributed by atoms with Gasteiger partial charge in [0, 0.05) is 62.9 Å². The van der Waals surface area contributed by atoms with Crippen molar-refractivity contribution in [2.24, 2.45) is 0 Å². The summed E-state index contributed by atoms with van der Waals surface area (Å²) in [5, 5.41) is 0. The van der Waals surface area contributed by atoms with E-state index < -0.39 is 0 Å². The Bertz CT molecular complexity index is 1900. The first-order chi connectivity index (χ1) is 22.1. The van der Waals surface area contributed by atoms with E-state index in [1.807, 2.05) is 56.5 Å². The van der Waals surface area contributed by atoms with Gasteiger partial charge in [-0.1, -0.05) is 49.2 Å². The van der Waals surface area contributed by atoms with Gasteiger partial charge in [-0.25, -0.2) is 5.92 Å². The van der Waals surface area contributed by atoms with Crippen LogP contribution in [0.2, 0.25) is 0 Å². The Morgan fingerprint density at radius 2 is 1.28 bits per heavy atom. The molecule has 225 valence electrons. The number of hydrogen-bond donors (Lipinski definition) is 0. The first kappa shape index (κ1) is 37.8. The van der Waals surface area contributed by atoms with Gasteiger partial charge in [-0.05, 0) is 57.1 Å². The zero-order valence-electron chi connectivity index (χ0n) is 27.9. The summed E-state index contributed by atoms with van der Waals surface area (Å²) in [6.07, 6.45) is 4.96. The van der Waals surface area contributed by atoms with Gasteiger partial charge < -0.3 is 4.58 Å². The quantitative estimate of drug-likeness (QED) is 0.124. The second-order valence-corrected chi connectivity index (χ2v) is 9.94. The van der Waals surface area contributed by atoms with Crippen LogP contribution in [0, 0.1) is 65.3 Å². The van der Waals surface area contributed by atoms with Crippen LogP contribution in [0.4, 0.5) is 17.1 Å². The molecule has 0 fully saturated rings. The standard InChI is InChI=1S/C15H14N.C14H12N.C13H14N.Y/c1-3-5-11-16-14(8-4-2)12-13-9-6-7-10-15(13)16;1-3-5-12-15(13-6-4-2)14-10-8-7-9-11-14;1-3-4-9-14-11(2)10-12-7-5-6-8-13(12)14;/h6-7,9-10H,11-12H2,1-2H3;7-10H,12H2,1-2H3;5-8H,9-10H2,1-2H3;/q+1;-1;+1;. The molecule has 3 aromatic carbocycles. The van der Waals surface area contributed by atoms with E-state index in [0.29, 0.717) is 6.54 Å². The summed E-state index contributed by atoms with van der Waals surface area (Å²) >= 11 is 0. The molecule has 0 spiro atoms. The van der Waals surface area contributed by atoms with Crippen molar-refractivity contribution in [2.75, 3.05) is 19.6 Å². The van der Waals surface area contributed by atoms with E-state index in [1.165, 1.54) is 28.2 Å². The van der Waals surface area contributed by atoms with Crippen molar-refractivity contribution < 1.29 is 46.4 Å². The minimum atomic E-state index is 0. The third kappa shape index (κ3) is 11.2. The number of hydrogen-bond acceptors (Lipinski definition) is 0. The maximum absolute atomic E-state index is 3.18. The van der Waals surface area contributed by atoms with Crippen LogP contribution in [0.3, 0.4) is 0 Å². The van der Waals surface area contributed by atoms with Gasteiger partial charge in [-0.15, -0.1) is 17.8 Å². The molecule has 0 aliphatic carbocycles. The average molecular weight is 676 g/mol. The Morgan fingerprint density at radius 1 is 0.696 bits per heavy atom. The minimum absolute atomic E-state index is 0.